The summed E-state index contributed by atoms with van der Waals surface area (Å²) in [5.74, 6) is 0.722. The van der Waals surface area contributed by atoms with Crippen molar-refractivity contribution in [3.63, 3.8) is 0 Å². The van der Waals surface area contributed by atoms with E-state index in [4.69, 9.17) is 9.47 Å². The minimum Gasteiger partial charge on any atom is -0.497 e. The molecule has 0 spiro atoms. The summed E-state index contributed by atoms with van der Waals surface area (Å²) in [4.78, 5) is 11.9. The van der Waals surface area contributed by atoms with Gasteiger partial charge >= 0.3 is 0 Å². The second kappa shape index (κ2) is 10.8. The second-order valence-electron chi connectivity index (χ2n) is 6.26. The fourth-order valence-electron chi connectivity index (χ4n) is 2.49. The minimum atomic E-state index is -3.70. The van der Waals surface area contributed by atoms with E-state index in [1.54, 1.807) is 31.4 Å². The number of nitrogens with one attached hydrogen (secondary N) is 1. The molecule has 0 aliphatic carbocycles. The van der Waals surface area contributed by atoms with Crippen LogP contribution in [0.1, 0.15) is 12.8 Å². The van der Waals surface area contributed by atoms with Crippen LogP contribution in [-0.2, 0) is 14.8 Å². The summed E-state index contributed by atoms with van der Waals surface area (Å²) in [6.07, 6.45) is 0.550. The Kier molecular flexibility index (Phi) is 8.41. The molecule has 0 aliphatic heterocycles. The molecule has 158 valence electrons. The summed E-state index contributed by atoms with van der Waals surface area (Å²) < 4.78 is 49.5. The van der Waals surface area contributed by atoms with Crippen molar-refractivity contribution in [3.05, 3.63) is 54.3 Å². The van der Waals surface area contributed by atoms with Crippen molar-refractivity contribution in [2.75, 3.05) is 33.9 Å². The van der Waals surface area contributed by atoms with Crippen LogP contribution in [0.2, 0.25) is 0 Å². The average Bonchev–Trinajstić information content (AvgIpc) is 2.72. The zero-order chi connectivity index (χ0) is 21.3. The van der Waals surface area contributed by atoms with E-state index in [9.17, 15) is 17.6 Å². The first-order chi connectivity index (χ1) is 13.8. The van der Waals surface area contributed by atoms with Crippen molar-refractivity contribution < 1.29 is 27.1 Å². The quantitative estimate of drug-likeness (QED) is 0.560. The Balaban J connectivity index is 1.66. The highest BCUT2D eigenvalue weighted by Crippen LogP contribution is 2.17. The molecular formula is C20H25FN2O5S. The smallest absolute Gasteiger partial charge is 0.242 e. The van der Waals surface area contributed by atoms with Crippen LogP contribution < -0.4 is 14.8 Å². The lowest BCUT2D eigenvalue weighted by atomic mass is 10.3. The number of hydrogen-bond acceptors (Lipinski definition) is 5. The van der Waals surface area contributed by atoms with Crippen molar-refractivity contribution in [1.29, 1.82) is 0 Å². The third-order valence-corrected chi connectivity index (χ3v) is 6.02. The maximum atomic E-state index is 13.0. The van der Waals surface area contributed by atoms with E-state index in [0.29, 0.717) is 25.3 Å². The van der Waals surface area contributed by atoms with Gasteiger partial charge in [-0.25, -0.2) is 17.1 Å². The molecule has 2 aromatic rings. The van der Waals surface area contributed by atoms with Crippen molar-refractivity contribution in [2.24, 2.45) is 0 Å². The van der Waals surface area contributed by atoms with Gasteiger partial charge in [0, 0.05) is 20.0 Å². The van der Waals surface area contributed by atoms with Crippen LogP contribution in [0.15, 0.2) is 53.4 Å². The molecule has 0 radical (unpaired) electrons. The third-order valence-electron chi connectivity index (χ3n) is 4.15. The van der Waals surface area contributed by atoms with Crippen LogP contribution in [0.3, 0.4) is 0 Å². The first-order valence-electron chi connectivity index (χ1n) is 9.08. The Morgan fingerprint density at radius 2 is 1.69 bits per heavy atom. The Labute approximate surface area is 170 Å². The third kappa shape index (κ3) is 7.03. The van der Waals surface area contributed by atoms with Gasteiger partial charge in [-0.05, 0) is 55.0 Å². The fraction of sp³-hybridized carbons (Fsp3) is 0.350. The molecule has 0 unspecified atom stereocenters. The average molecular weight is 424 g/mol. The van der Waals surface area contributed by atoms with E-state index in [0.717, 1.165) is 22.2 Å². The topological polar surface area (TPSA) is 84.9 Å². The van der Waals surface area contributed by atoms with Crippen LogP contribution >= 0.6 is 0 Å². The molecule has 2 aromatic carbocycles. The lowest BCUT2D eigenvalue weighted by molar-refractivity contribution is -0.121. The predicted octanol–water partition coefficient (Wildman–Crippen LogP) is 2.43. The van der Waals surface area contributed by atoms with E-state index in [1.165, 1.54) is 19.2 Å². The molecule has 1 amide bonds. The number of carbonyl (C=O) groups excluding carboxylic acids is 1. The lowest BCUT2D eigenvalue weighted by Crippen LogP contribution is -2.31. The molecule has 29 heavy (non-hydrogen) atoms. The van der Waals surface area contributed by atoms with E-state index in [1.807, 2.05) is 0 Å². The Morgan fingerprint density at radius 3 is 2.31 bits per heavy atom. The maximum Gasteiger partial charge on any atom is 0.242 e. The number of halogens is 1. The fourth-order valence-corrected chi connectivity index (χ4v) is 3.70. The number of carbonyl (C=O) groups is 1. The van der Waals surface area contributed by atoms with Crippen LogP contribution in [0.4, 0.5) is 4.39 Å². The molecule has 0 aromatic heterocycles. The summed E-state index contributed by atoms with van der Waals surface area (Å²) in [5.41, 5.74) is 0. The van der Waals surface area contributed by atoms with Gasteiger partial charge in [0.1, 0.15) is 23.9 Å². The molecule has 9 heteroatoms. The number of ether oxygens (including phenoxy) is 2. The van der Waals surface area contributed by atoms with Gasteiger partial charge in [0.25, 0.3) is 0 Å². The zero-order valence-corrected chi connectivity index (χ0v) is 17.2. The minimum absolute atomic E-state index is 0.0153. The van der Waals surface area contributed by atoms with Gasteiger partial charge in [-0.2, -0.15) is 0 Å². The van der Waals surface area contributed by atoms with Gasteiger partial charge in [-0.3, -0.25) is 4.79 Å². The maximum absolute atomic E-state index is 13.0. The van der Waals surface area contributed by atoms with Crippen LogP contribution in [0.5, 0.6) is 11.5 Å². The molecule has 2 rings (SSSR count). The van der Waals surface area contributed by atoms with Crippen LogP contribution in [0, 0.1) is 5.82 Å². The summed E-state index contributed by atoms with van der Waals surface area (Å²) in [6, 6.07) is 11.8. The van der Waals surface area contributed by atoms with Gasteiger partial charge < -0.3 is 14.8 Å². The largest absolute Gasteiger partial charge is 0.497 e. The van der Waals surface area contributed by atoms with Gasteiger partial charge in [0.05, 0.1) is 18.6 Å². The van der Waals surface area contributed by atoms with Gasteiger partial charge in [-0.1, -0.05) is 0 Å². The SMILES string of the molecule is COc1ccc(OCCNC(=O)CCCN(C)S(=O)(=O)c2ccc(F)cc2)cc1. The number of methoxy groups -OCH3 is 1. The molecular weight excluding hydrogens is 399 g/mol. The van der Waals surface area contributed by atoms with Crippen LogP contribution in [-0.4, -0.2) is 52.5 Å². The summed E-state index contributed by atoms with van der Waals surface area (Å²) in [6.45, 7) is 0.834. The number of benzene rings is 2. The monoisotopic (exact) mass is 424 g/mol. The highest BCUT2D eigenvalue weighted by molar-refractivity contribution is 7.89. The molecule has 0 bridgehead atoms. The number of nitrogens with zero attached hydrogens (tertiary/aromatic N) is 1. The van der Waals surface area contributed by atoms with Gasteiger partial charge in [0.2, 0.25) is 15.9 Å². The summed E-state index contributed by atoms with van der Waals surface area (Å²) in [7, 11) is -0.690. The molecule has 0 fully saturated rings. The van der Waals surface area contributed by atoms with E-state index >= 15 is 0 Å². The van der Waals surface area contributed by atoms with Crippen LogP contribution in [0.25, 0.3) is 0 Å². The Hall–Kier alpha value is -2.65. The van der Waals surface area contributed by atoms with E-state index < -0.39 is 15.8 Å². The van der Waals surface area contributed by atoms with Gasteiger partial charge in [0.15, 0.2) is 0 Å². The standard InChI is InChI=1S/C20H25FN2O5S/c1-23(29(25,26)19-11-5-16(21)6-12-19)14-3-4-20(24)22-13-15-28-18-9-7-17(27-2)8-10-18/h5-12H,3-4,13-15H2,1-2H3,(H,22,24). The molecule has 0 heterocycles. The molecule has 0 atom stereocenters. The number of rotatable bonds is 11. The normalized spacial score (nSPS) is 11.3. The first kappa shape index (κ1) is 22.6. The van der Waals surface area contributed by atoms with Crippen molar-refractivity contribution in [1.82, 2.24) is 9.62 Å². The highest BCUT2D eigenvalue weighted by Gasteiger charge is 2.20. The molecule has 1 N–H and O–H groups in total. The van der Waals surface area contributed by atoms with Crippen molar-refractivity contribution in [2.45, 2.75) is 17.7 Å². The zero-order valence-electron chi connectivity index (χ0n) is 16.4. The molecule has 0 aliphatic rings. The molecule has 0 saturated heterocycles. The van der Waals surface area contributed by atoms with Gasteiger partial charge in [-0.15, -0.1) is 0 Å². The predicted molar refractivity (Wildman–Crippen MR) is 107 cm³/mol. The Bertz CT molecular complexity index is 886. The second-order valence-corrected chi connectivity index (χ2v) is 8.30. The summed E-state index contributed by atoms with van der Waals surface area (Å²) >= 11 is 0. The Morgan fingerprint density at radius 1 is 1.07 bits per heavy atom. The number of amides is 1. The first-order valence-corrected chi connectivity index (χ1v) is 10.5. The van der Waals surface area contributed by atoms with E-state index in [-0.39, 0.29) is 23.8 Å². The highest BCUT2D eigenvalue weighted by atomic mass is 32.2. The van der Waals surface area contributed by atoms with Crippen molar-refractivity contribution in [3.8, 4) is 11.5 Å². The lowest BCUT2D eigenvalue weighted by Gasteiger charge is -2.17. The number of hydrogen-bond donors (Lipinski definition) is 1. The summed E-state index contributed by atoms with van der Waals surface area (Å²) in [5, 5.41) is 2.73. The molecule has 7 nitrogen and oxygen atoms in total. The number of sulfonamides is 1. The van der Waals surface area contributed by atoms with Crippen molar-refractivity contribution >= 4 is 15.9 Å². The van der Waals surface area contributed by atoms with E-state index in [2.05, 4.69) is 5.32 Å². The molecule has 0 saturated carbocycles.